The average Bonchev–Trinajstić information content (AvgIpc) is 2.70. The van der Waals surface area contributed by atoms with Crippen molar-refractivity contribution in [3.8, 4) is 0 Å². The first-order chi connectivity index (χ1) is 14.9. The summed E-state index contributed by atoms with van der Waals surface area (Å²) in [5, 5.41) is 0. The Labute approximate surface area is 235 Å². The minimum atomic E-state index is -4.94. The molecule has 0 saturated carbocycles. The van der Waals surface area contributed by atoms with Gasteiger partial charge < -0.3 is 28.4 Å². The third kappa shape index (κ3) is 24.6. The summed E-state index contributed by atoms with van der Waals surface area (Å²) in [5.74, 6) is 0. The van der Waals surface area contributed by atoms with Gasteiger partial charge in [0.05, 0.1) is 79.3 Å². The third-order valence-electron chi connectivity index (χ3n) is 4.43. The van der Waals surface area contributed by atoms with Crippen LogP contribution < -0.4 is 70.0 Å². The number of fused-ring (bicyclic) bond motifs is 21. The molecule has 0 aromatic heterocycles. The van der Waals surface area contributed by atoms with Crippen LogP contribution in [0, 0.1) is 10.2 Å². The number of nitrogens with zero attached hydrogens (tertiary/aromatic N) is 2. The van der Waals surface area contributed by atoms with Crippen LogP contribution in [0.4, 0.5) is 0 Å². The summed E-state index contributed by atoms with van der Waals surface area (Å²) in [6.45, 7) is 13.2. The van der Waals surface area contributed by atoms with Gasteiger partial charge in [-0.3, -0.25) is 9.80 Å². The van der Waals surface area contributed by atoms with E-state index in [9.17, 15) is 0 Å². The molecule has 0 spiro atoms. The Morgan fingerprint density at radius 1 is 0.375 bits per heavy atom. The summed E-state index contributed by atoms with van der Waals surface area (Å²) >= 11 is 0. The Morgan fingerprint density at radius 2 is 0.531 bits per heavy atom. The molecule has 0 atom stereocenters. The Hall–Kier alpha value is 1.45. The minimum Gasteiger partial charge on any atom is -0.378 e. The second kappa shape index (κ2) is 22.9. The number of ether oxygens (including phenoxy) is 6. The number of rotatable bonds is 0. The van der Waals surface area contributed by atoms with Crippen LogP contribution in [0.1, 0.15) is 0 Å². The number of halogens is 1. The quantitative estimate of drug-likeness (QED) is 0.282. The van der Waals surface area contributed by atoms with E-state index in [1.165, 1.54) is 0 Å². The molecule has 3 aliphatic rings. The Bertz CT molecular complexity index is 329. The molecule has 0 amide bonds. The van der Waals surface area contributed by atoms with Crippen molar-refractivity contribution in [1.29, 1.82) is 0 Å². The van der Waals surface area contributed by atoms with Crippen molar-refractivity contribution >= 4 is 0 Å². The number of hydrogen-bond donors (Lipinski definition) is 0. The van der Waals surface area contributed by atoms with Crippen molar-refractivity contribution in [3.05, 3.63) is 0 Å². The standard InChI is InChI=1S/C18H36N2O6.ClHO4.K/c1-7-21-13-14-24-10-4-20-5-11-25-17-15-22-8-2-19(1)3-9-23-16-18-26-12-6-20;2-1(3,4)5;/h1-18H2;(H,2,3,4,5);/q;;+1/p-1. The van der Waals surface area contributed by atoms with E-state index in [-0.39, 0.29) is 51.4 Å². The summed E-state index contributed by atoms with van der Waals surface area (Å²) in [6, 6.07) is 0. The Morgan fingerprint density at radius 3 is 0.688 bits per heavy atom. The average molecular weight is 515 g/mol. The first-order valence-corrected chi connectivity index (χ1v) is 11.7. The maximum absolute atomic E-state index is 8.49. The molecule has 3 fully saturated rings. The van der Waals surface area contributed by atoms with Crippen molar-refractivity contribution in [2.75, 3.05) is 119 Å². The normalized spacial score (nSPS) is 26.6. The fraction of sp³-hybridized carbons (Fsp3) is 1.00. The van der Waals surface area contributed by atoms with E-state index < -0.39 is 10.2 Å². The van der Waals surface area contributed by atoms with Crippen molar-refractivity contribution in [2.24, 2.45) is 0 Å². The molecule has 0 aromatic rings. The molecule has 3 saturated heterocycles. The largest absolute Gasteiger partial charge is 1.00 e. The zero-order chi connectivity index (χ0) is 22.6. The maximum Gasteiger partial charge on any atom is 1.00 e. The molecule has 0 unspecified atom stereocenters. The van der Waals surface area contributed by atoms with Crippen LogP contribution in [-0.4, -0.2) is 128 Å². The van der Waals surface area contributed by atoms with E-state index in [0.717, 1.165) is 39.3 Å². The van der Waals surface area contributed by atoms with Gasteiger partial charge in [0.2, 0.25) is 0 Å². The fourth-order valence-electron chi connectivity index (χ4n) is 2.80. The molecule has 32 heavy (non-hydrogen) atoms. The Kier molecular flexibility index (Phi) is 23.9. The van der Waals surface area contributed by atoms with Crippen LogP contribution in [0.15, 0.2) is 0 Å². The van der Waals surface area contributed by atoms with Crippen LogP contribution in [0.25, 0.3) is 0 Å². The molecule has 14 heteroatoms. The first kappa shape index (κ1) is 33.4. The third-order valence-corrected chi connectivity index (χ3v) is 4.43. The molecular weight excluding hydrogens is 479 g/mol. The zero-order valence-electron chi connectivity index (χ0n) is 19.1. The summed E-state index contributed by atoms with van der Waals surface area (Å²) in [6.07, 6.45) is 0. The van der Waals surface area contributed by atoms with Gasteiger partial charge in [0, 0.05) is 39.3 Å². The minimum absolute atomic E-state index is 0. The molecule has 0 aromatic carbocycles. The van der Waals surface area contributed by atoms with Crippen LogP contribution >= 0.6 is 0 Å². The van der Waals surface area contributed by atoms with E-state index in [1.54, 1.807) is 0 Å². The van der Waals surface area contributed by atoms with E-state index >= 15 is 0 Å². The molecule has 2 bridgehead atoms. The molecule has 0 aliphatic carbocycles. The van der Waals surface area contributed by atoms with Crippen LogP contribution in [0.3, 0.4) is 0 Å². The van der Waals surface area contributed by atoms with Crippen LogP contribution in [0.2, 0.25) is 0 Å². The molecule has 186 valence electrons. The molecular formula is C18H36ClKN2O10. The van der Waals surface area contributed by atoms with Gasteiger partial charge in [-0.25, -0.2) is 18.6 Å². The monoisotopic (exact) mass is 514 g/mol. The van der Waals surface area contributed by atoms with Crippen LogP contribution in [0.5, 0.6) is 0 Å². The van der Waals surface area contributed by atoms with Crippen molar-refractivity contribution in [2.45, 2.75) is 0 Å². The second-order valence-corrected chi connectivity index (χ2v) is 7.49. The van der Waals surface area contributed by atoms with Gasteiger partial charge in [-0.2, -0.15) is 0 Å². The maximum atomic E-state index is 8.49. The molecule has 3 heterocycles. The van der Waals surface area contributed by atoms with Crippen molar-refractivity contribution in [3.63, 3.8) is 0 Å². The van der Waals surface area contributed by atoms with Gasteiger partial charge in [-0.15, -0.1) is 10.2 Å². The smallest absolute Gasteiger partial charge is 0.378 e. The summed E-state index contributed by atoms with van der Waals surface area (Å²) in [5.41, 5.74) is 0. The molecule has 3 rings (SSSR count). The van der Waals surface area contributed by atoms with Crippen molar-refractivity contribution < 1.29 is 109 Å². The van der Waals surface area contributed by atoms with E-state index in [2.05, 4.69) is 9.80 Å². The predicted molar refractivity (Wildman–Crippen MR) is 97.8 cm³/mol. The van der Waals surface area contributed by atoms with Gasteiger partial charge in [-0.05, 0) is 0 Å². The Balaban J connectivity index is 0.00000144. The van der Waals surface area contributed by atoms with Crippen molar-refractivity contribution in [1.82, 2.24) is 9.80 Å². The van der Waals surface area contributed by atoms with Gasteiger partial charge in [0.25, 0.3) is 0 Å². The van der Waals surface area contributed by atoms with Gasteiger partial charge in [0.15, 0.2) is 0 Å². The predicted octanol–water partition coefficient (Wildman–Crippen LogP) is -8.03. The SMILES string of the molecule is C1COCCN2CCOCCOCCN(CCO1)CCOCCOCC2.[K+].[O-][Cl+3]([O-])([O-])[O-]. The fourth-order valence-corrected chi connectivity index (χ4v) is 2.80. The number of hydrogen-bond acceptors (Lipinski definition) is 12. The summed E-state index contributed by atoms with van der Waals surface area (Å²) < 4.78 is 68.2. The van der Waals surface area contributed by atoms with E-state index in [4.69, 9.17) is 47.1 Å². The first-order valence-electron chi connectivity index (χ1n) is 10.5. The molecule has 3 aliphatic heterocycles. The van der Waals surface area contributed by atoms with Gasteiger partial charge in [-0.1, -0.05) is 0 Å². The van der Waals surface area contributed by atoms with E-state index in [0.29, 0.717) is 79.3 Å². The van der Waals surface area contributed by atoms with E-state index in [1.807, 2.05) is 0 Å². The second-order valence-electron chi connectivity index (χ2n) is 6.74. The van der Waals surface area contributed by atoms with Gasteiger partial charge >= 0.3 is 51.4 Å². The van der Waals surface area contributed by atoms with Gasteiger partial charge in [0.1, 0.15) is 0 Å². The molecule has 12 nitrogen and oxygen atoms in total. The molecule has 0 radical (unpaired) electrons. The molecule has 0 N–H and O–H groups in total. The topological polar surface area (TPSA) is 154 Å². The summed E-state index contributed by atoms with van der Waals surface area (Å²) in [4.78, 5) is 4.62. The van der Waals surface area contributed by atoms with Crippen LogP contribution in [-0.2, 0) is 28.4 Å². The summed E-state index contributed by atoms with van der Waals surface area (Å²) in [7, 11) is -4.94. The zero-order valence-corrected chi connectivity index (χ0v) is 23.0.